The van der Waals surface area contributed by atoms with Crippen molar-refractivity contribution in [3.63, 3.8) is 0 Å². The van der Waals surface area contributed by atoms with Gasteiger partial charge in [0.2, 0.25) is 0 Å². The van der Waals surface area contributed by atoms with Gasteiger partial charge in [-0.25, -0.2) is 0 Å². The zero-order valence-corrected chi connectivity index (χ0v) is 13.5. The van der Waals surface area contributed by atoms with E-state index in [1.165, 1.54) is 24.2 Å². The molecule has 2 fully saturated rings. The molecule has 1 saturated heterocycles. The second-order valence-electron chi connectivity index (χ2n) is 5.40. The Bertz CT molecular complexity index is 487. The highest BCUT2D eigenvalue weighted by Gasteiger charge is 2.47. The van der Waals surface area contributed by atoms with Crippen LogP contribution in [0.25, 0.3) is 0 Å². The number of hydrogen-bond acceptors (Lipinski definition) is 3. The van der Waals surface area contributed by atoms with Crippen molar-refractivity contribution in [3.05, 3.63) is 19.8 Å². The van der Waals surface area contributed by atoms with Gasteiger partial charge in [-0.3, -0.25) is 9.69 Å². The fraction of sp³-hybridized carbons (Fsp3) is 0.615. The Kier molecular flexibility index (Phi) is 3.91. The van der Waals surface area contributed by atoms with Gasteiger partial charge >= 0.3 is 5.97 Å². The summed E-state index contributed by atoms with van der Waals surface area (Å²) in [5, 5.41) is 9.49. The Morgan fingerprint density at radius 3 is 3.00 bits per heavy atom. The summed E-state index contributed by atoms with van der Waals surface area (Å²) in [6.07, 6.45) is 3.43. The smallest absolute Gasteiger partial charge is 0.321 e. The summed E-state index contributed by atoms with van der Waals surface area (Å²) in [7, 11) is 0. The Hall–Kier alpha value is -0.100. The maximum atomic E-state index is 11.5. The average Bonchev–Trinajstić information content (AvgIpc) is 2.94. The molecule has 2 aliphatic rings. The lowest BCUT2D eigenvalue weighted by atomic mass is 9.94. The van der Waals surface area contributed by atoms with Gasteiger partial charge in [0.1, 0.15) is 10.4 Å². The van der Waals surface area contributed by atoms with Crippen molar-refractivity contribution in [1.82, 2.24) is 4.90 Å². The van der Waals surface area contributed by atoms with E-state index in [0.717, 1.165) is 26.7 Å². The second kappa shape index (κ2) is 5.35. The first-order valence-electron chi connectivity index (χ1n) is 6.47. The van der Waals surface area contributed by atoms with Crippen LogP contribution in [-0.4, -0.2) is 28.6 Å². The number of carbonyl (C=O) groups is 1. The van der Waals surface area contributed by atoms with Gasteiger partial charge in [0, 0.05) is 22.4 Å². The lowest BCUT2D eigenvalue weighted by molar-refractivity contribution is -0.143. The molecule has 19 heavy (non-hydrogen) atoms. The number of aliphatic carboxylic acids is 1. The molecular weight excluding hydrogens is 350 g/mol. The molecule has 1 aromatic heterocycles. The number of fused-ring (bicyclic) bond motifs is 1. The van der Waals surface area contributed by atoms with Gasteiger partial charge in [0.15, 0.2) is 0 Å². The molecule has 3 atom stereocenters. The molecule has 1 aromatic rings. The number of rotatable bonds is 3. The van der Waals surface area contributed by atoms with Crippen molar-refractivity contribution in [2.45, 2.75) is 31.8 Å². The molecule has 2 heterocycles. The van der Waals surface area contributed by atoms with Crippen molar-refractivity contribution in [2.24, 2.45) is 11.8 Å². The van der Waals surface area contributed by atoms with E-state index < -0.39 is 5.97 Å². The number of hydrogen-bond donors (Lipinski definition) is 1. The Labute approximate surface area is 129 Å². The zero-order valence-electron chi connectivity index (χ0n) is 10.3. The van der Waals surface area contributed by atoms with E-state index in [1.807, 2.05) is 6.07 Å². The highest BCUT2D eigenvalue weighted by molar-refractivity contribution is 9.10. The van der Waals surface area contributed by atoms with Crippen molar-refractivity contribution in [3.8, 4) is 0 Å². The number of thiophene rings is 1. The molecule has 6 heteroatoms. The number of carboxylic acid groups (broad SMARTS) is 1. The van der Waals surface area contributed by atoms with E-state index in [2.05, 4.69) is 20.8 Å². The maximum absolute atomic E-state index is 11.5. The van der Waals surface area contributed by atoms with Gasteiger partial charge in [0.05, 0.1) is 0 Å². The molecule has 104 valence electrons. The topological polar surface area (TPSA) is 40.5 Å². The number of nitrogens with zero attached hydrogens (tertiary/aromatic N) is 1. The molecule has 0 aromatic carbocycles. The second-order valence-corrected chi connectivity index (χ2v) is 7.99. The van der Waals surface area contributed by atoms with Crippen LogP contribution in [0.15, 0.2) is 10.5 Å². The maximum Gasteiger partial charge on any atom is 0.321 e. The van der Waals surface area contributed by atoms with Crippen molar-refractivity contribution < 1.29 is 9.90 Å². The lowest BCUT2D eigenvalue weighted by Crippen LogP contribution is -2.38. The monoisotopic (exact) mass is 363 g/mol. The highest BCUT2D eigenvalue weighted by atomic mass is 79.9. The number of halogens is 2. The SMILES string of the molecule is O=C(O)C1C2CCCC2CN1Cc1cc(Br)c(Cl)s1. The van der Waals surface area contributed by atoms with Crippen molar-refractivity contribution >= 4 is 44.8 Å². The van der Waals surface area contributed by atoms with Crippen LogP contribution in [0.4, 0.5) is 0 Å². The molecular formula is C13H15BrClNO2S. The average molecular weight is 365 g/mol. The Morgan fingerprint density at radius 2 is 2.37 bits per heavy atom. The van der Waals surface area contributed by atoms with Gasteiger partial charge in [-0.15, -0.1) is 11.3 Å². The highest BCUT2D eigenvalue weighted by Crippen LogP contribution is 2.43. The third-order valence-electron chi connectivity index (χ3n) is 4.29. The molecule has 3 unspecified atom stereocenters. The fourth-order valence-electron chi connectivity index (χ4n) is 3.57. The molecule has 1 N–H and O–H groups in total. The van der Waals surface area contributed by atoms with Crippen LogP contribution in [0.1, 0.15) is 24.1 Å². The third kappa shape index (κ3) is 2.58. The van der Waals surface area contributed by atoms with Gasteiger partial charge in [-0.1, -0.05) is 18.0 Å². The lowest BCUT2D eigenvalue weighted by Gasteiger charge is -2.23. The summed E-state index contributed by atoms with van der Waals surface area (Å²) in [6, 6.07) is 1.69. The van der Waals surface area contributed by atoms with Crippen LogP contribution >= 0.6 is 38.9 Å². The summed E-state index contributed by atoms with van der Waals surface area (Å²) in [5.41, 5.74) is 0. The van der Waals surface area contributed by atoms with E-state index in [4.69, 9.17) is 11.6 Å². The van der Waals surface area contributed by atoms with Crippen LogP contribution in [0, 0.1) is 11.8 Å². The molecule has 3 rings (SSSR count). The van der Waals surface area contributed by atoms with Gasteiger partial charge in [0.25, 0.3) is 0 Å². The van der Waals surface area contributed by atoms with Crippen LogP contribution < -0.4 is 0 Å². The van der Waals surface area contributed by atoms with Crippen molar-refractivity contribution in [2.75, 3.05) is 6.54 Å². The van der Waals surface area contributed by atoms with Crippen LogP contribution in [0.5, 0.6) is 0 Å². The minimum atomic E-state index is -0.670. The molecule has 0 amide bonds. The summed E-state index contributed by atoms with van der Waals surface area (Å²) >= 11 is 11.0. The molecule has 1 aliphatic heterocycles. The van der Waals surface area contributed by atoms with Gasteiger partial charge in [-0.05, 0) is 46.7 Å². The molecule has 0 bridgehead atoms. The normalized spacial score (nSPS) is 30.7. The molecule has 1 saturated carbocycles. The van der Waals surface area contributed by atoms with E-state index >= 15 is 0 Å². The Morgan fingerprint density at radius 1 is 1.58 bits per heavy atom. The molecule has 0 radical (unpaired) electrons. The van der Waals surface area contributed by atoms with Crippen LogP contribution in [0.2, 0.25) is 4.34 Å². The van der Waals surface area contributed by atoms with E-state index in [9.17, 15) is 9.90 Å². The fourth-order valence-corrected chi connectivity index (χ4v) is 5.38. The number of carboxylic acids is 1. The largest absolute Gasteiger partial charge is 0.480 e. The van der Waals surface area contributed by atoms with E-state index in [1.54, 1.807) is 0 Å². The predicted octanol–water partition coefficient (Wildman–Crippen LogP) is 3.85. The summed E-state index contributed by atoms with van der Waals surface area (Å²) in [5.74, 6) is 0.243. The quantitative estimate of drug-likeness (QED) is 0.885. The summed E-state index contributed by atoms with van der Waals surface area (Å²) in [6.45, 7) is 1.61. The van der Waals surface area contributed by atoms with E-state index in [0.29, 0.717) is 18.4 Å². The minimum absolute atomic E-state index is 0.313. The van der Waals surface area contributed by atoms with E-state index in [-0.39, 0.29) is 6.04 Å². The zero-order chi connectivity index (χ0) is 13.6. The standard InChI is InChI=1S/C13H15BrClNO2S/c14-10-4-8(19-12(10)15)6-16-5-7-2-1-3-9(7)11(16)13(17)18/h4,7,9,11H,1-3,5-6H2,(H,17,18). The van der Waals surface area contributed by atoms with Crippen LogP contribution in [0.3, 0.4) is 0 Å². The minimum Gasteiger partial charge on any atom is -0.480 e. The molecule has 0 spiro atoms. The predicted molar refractivity (Wildman–Crippen MR) is 79.7 cm³/mol. The first kappa shape index (κ1) is 13.9. The summed E-state index contributed by atoms with van der Waals surface area (Å²) < 4.78 is 1.64. The molecule has 3 nitrogen and oxygen atoms in total. The third-order valence-corrected chi connectivity index (χ3v) is 6.75. The van der Waals surface area contributed by atoms with Crippen LogP contribution in [-0.2, 0) is 11.3 Å². The molecule has 1 aliphatic carbocycles. The van der Waals surface area contributed by atoms with Gasteiger partial charge < -0.3 is 5.11 Å². The Balaban J connectivity index is 1.78. The first-order valence-corrected chi connectivity index (χ1v) is 8.45. The van der Waals surface area contributed by atoms with Gasteiger partial charge in [-0.2, -0.15) is 0 Å². The summed E-state index contributed by atoms with van der Waals surface area (Å²) in [4.78, 5) is 14.8. The first-order chi connectivity index (χ1) is 9.06. The number of likely N-dealkylation sites (tertiary alicyclic amines) is 1. The van der Waals surface area contributed by atoms with Crippen molar-refractivity contribution in [1.29, 1.82) is 0 Å².